The summed E-state index contributed by atoms with van der Waals surface area (Å²) in [5, 5.41) is 0. The number of aliphatic imine (C=N–C) groups is 1. The van der Waals surface area contributed by atoms with Crippen LogP contribution in [0.1, 0.15) is 32.6 Å². The molecular formula is C22H27N3O. The number of amides is 1. The van der Waals surface area contributed by atoms with Crippen LogP contribution in [-0.4, -0.2) is 62.7 Å². The van der Waals surface area contributed by atoms with E-state index in [0.29, 0.717) is 5.56 Å². The average Bonchev–Trinajstić information content (AvgIpc) is 2.78. The molecule has 0 atom stereocenters. The molecule has 26 heavy (non-hydrogen) atoms. The van der Waals surface area contributed by atoms with Gasteiger partial charge in [-0.25, -0.2) is 0 Å². The molecule has 0 saturated carbocycles. The predicted octanol–water partition coefficient (Wildman–Crippen LogP) is 2.89. The zero-order chi connectivity index (χ0) is 18.7. The van der Waals surface area contributed by atoms with Gasteiger partial charge < -0.3 is 9.80 Å². The van der Waals surface area contributed by atoms with Crippen LogP contribution in [0.4, 0.5) is 0 Å². The lowest BCUT2D eigenvalue weighted by atomic mass is 9.95. The van der Waals surface area contributed by atoms with Crippen LogP contribution in [0, 0.1) is 0 Å². The minimum absolute atomic E-state index is 0.0259. The molecule has 0 radical (unpaired) electrons. The van der Waals surface area contributed by atoms with Crippen molar-refractivity contribution < 1.29 is 4.79 Å². The Labute approximate surface area is 156 Å². The summed E-state index contributed by atoms with van der Waals surface area (Å²) >= 11 is 0. The minimum Gasteiger partial charge on any atom is -0.345 e. The Morgan fingerprint density at radius 1 is 0.962 bits per heavy atom. The molecule has 0 unspecified atom stereocenters. The number of hydrogen-bond acceptors (Lipinski definition) is 3. The monoisotopic (exact) mass is 349 g/mol. The zero-order valence-electron chi connectivity index (χ0n) is 16.1. The van der Waals surface area contributed by atoms with E-state index in [2.05, 4.69) is 49.3 Å². The van der Waals surface area contributed by atoms with Crippen molar-refractivity contribution in [3.63, 3.8) is 0 Å². The van der Waals surface area contributed by atoms with Crippen molar-refractivity contribution in [3.05, 3.63) is 70.3 Å². The molecule has 0 aromatic heterocycles. The number of benzene rings is 2. The summed E-state index contributed by atoms with van der Waals surface area (Å²) in [5.41, 5.74) is 6.62. The fourth-order valence-corrected chi connectivity index (χ4v) is 3.32. The summed E-state index contributed by atoms with van der Waals surface area (Å²) in [5.74, 6) is 0.0259. The van der Waals surface area contributed by atoms with E-state index in [1.807, 2.05) is 12.1 Å². The average molecular weight is 349 g/mol. The quantitative estimate of drug-likeness (QED) is 0.851. The van der Waals surface area contributed by atoms with E-state index in [4.69, 9.17) is 4.99 Å². The fourth-order valence-electron chi connectivity index (χ4n) is 3.32. The third-order valence-corrected chi connectivity index (χ3v) is 4.77. The molecule has 2 aromatic rings. The van der Waals surface area contributed by atoms with Gasteiger partial charge in [0.05, 0.1) is 12.3 Å². The van der Waals surface area contributed by atoms with Crippen molar-refractivity contribution in [2.24, 2.45) is 4.99 Å². The van der Waals surface area contributed by atoms with Crippen molar-refractivity contribution >= 4 is 11.6 Å². The van der Waals surface area contributed by atoms with Gasteiger partial charge in [0, 0.05) is 37.3 Å². The molecule has 136 valence electrons. The molecular weight excluding hydrogens is 322 g/mol. The van der Waals surface area contributed by atoms with E-state index in [1.165, 1.54) is 16.7 Å². The molecule has 1 amide bonds. The van der Waals surface area contributed by atoms with E-state index >= 15 is 0 Å². The van der Waals surface area contributed by atoms with Crippen LogP contribution in [0.2, 0.25) is 0 Å². The summed E-state index contributed by atoms with van der Waals surface area (Å²) < 4.78 is 0. The third kappa shape index (κ3) is 3.86. The summed E-state index contributed by atoms with van der Waals surface area (Å²) in [6.07, 6.45) is 1.96. The lowest BCUT2D eigenvalue weighted by Gasteiger charge is -2.15. The predicted molar refractivity (Wildman–Crippen MR) is 107 cm³/mol. The number of nitrogens with zero attached hydrogens (tertiary/aromatic N) is 3. The van der Waals surface area contributed by atoms with E-state index in [9.17, 15) is 4.79 Å². The van der Waals surface area contributed by atoms with Crippen molar-refractivity contribution in [3.8, 4) is 0 Å². The highest BCUT2D eigenvalue weighted by Gasteiger charge is 2.21. The molecule has 1 aliphatic carbocycles. The normalized spacial score (nSPS) is 14.7. The number of rotatable bonds is 4. The molecule has 3 rings (SSSR count). The molecule has 0 saturated heterocycles. The first kappa shape index (κ1) is 18.3. The van der Waals surface area contributed by atoms with Gasteiger partial charge in [-0.3, -0.25) is 9.79 Å². The number of likely N-dealkylation sites (N-methyl/N-ethyl adjacent to an activating group) is 1. The van der Waals surface area contributed by atoms with Crippen LogP contribution in [-0.2, 0) is 12.8 Å². The second-order valence-electron chi connectivity index (χ2n) is 7.26. The highest BCUT2D eigenvalue weighted by Crippen LogP contribution is 2.26. The Kier molecular flexibility index (Phi) is 5.52. The van der Waals surface area contributed by atoms with Crippen LogP contribution < -0.4 is 0 Å². The summed E-state index contributed by atoms with van der Waals surface area (Å²) in [7, 11) is 7.69. The number of aryl methyl sites for hydroxylation is 2. The largest absolute Gasteiger partial charge is 0.345 e. The van der Waals surface area contributed by atoms with Crippen LogP contribution in [0.5, 0.6) is 0 Å². The van der Waals surface area contributed by atoms with Gasteiger partial charge in [0.25, 0.3) is 5.91 Å². The van der Waals surface area contributed by atoms with E-state index in [0.717, 1.165) is 37.2 Å². The van der Waals surface area contributed by atoms with Gasteiger partial charge in [0.1, 0.15) is 0 Å². The third-order valence-electron chi connectivity index (χ3n) is 4.77. The molecule has 4 heteroatoms. The van der Waals surface area contributed by atoms with Gasteiger partial charge in [0.15, 0.2) is 0 Å². The van der Waals surface area contributed by atoms with Gasteiger partial charge in [-0.05, 0) is 50.2 Å². The van der Waals surface area contributed by atoms with E-state index in [-0.39, 0.29) is 5.91 Å². The molecule has 0 N–H and O–H groups in total. The first-order valence-corrected chi connectivity index (χ1v) is 9.10. The van der Waals surface area contributed by atoms with Crippen LogP contribution in [0.25, 0.3) is 0 Å². The first-order chi connectivity index (χ1) is 12.5. The van der Waals surface area contributed by atoms with Gasteiger partial charge >= 0.3 is 0 Å². The van der Waals surface area contributed by atoms with Crippen molar-refractivity contribution in [1.29, 1.82) is 0 Å². The smallest absolute Gasteiger partial charge is 0.253 e. The Morgan fingerprint density at radius 2 is 1.65 bits per heavy atom. The topological polar surface area (TPSA) is 35.9 Å². The Bertz CT molecular complexity index is 837. The Hall–Kier alpha value is -2.46. The van der Waals surface area contributed by atoms with E-state index < -0.39 is 0 Å². The van der Waals surface area contributed by atoms with Gasteiger partial charge in [0.2, 0.25) is 0 Å². The number of fused-ring (bicyclic) bond motifs is 2. The molecule has 0 bridgehead atoms. The van der Waals surface area contributed by atoms with E-state index in [1.54, 1.807) is 19.0 Å². The minimum atomic E-state index is 0.0259. The maximum absolute atomic E-state index is 12.5. The maximum atomic E-state index is 12.5. The second kappa shape index (κ2) is 7.83. The fraction of sp³-hybridized carbons (Fsp3) is 0.364. The Balaban J connectivity index is 2.11. The maximum Gasteiger partial charge on any atom is 0.253 e. The van der Waals surface area contributed by atoms with Crippen molar-refractivity contribution in [2.45, 2.75) is 12.8 Å². The SMILES string of the molecule is CN(C)CCN=C1c2ccccc2CCc2ccc(C(=O)N(C)C)cc21. The van der Waals surface area contributed by atoms with Gasteiger partial charge in [-0.15, -0.1) is 0 Å². The van der Waals surface area contributed by atoms with Gasteiger partial charge in [-0.2, -0.15) is 0 Å². The van der Waals surface area contributed by atoms with Crippen LogP contribution in [0.15, 0.2) is 47.5 Å². The molecule has 0 fully saturated rings. The molecule has 4 nitrogen and oxygen atoms in total. The van der Waals surface area contributed by atoms with Crippen LogP contribution >= 0.6 is 0 Å². The summed E-state index contributed by atoms with van der Waals surface area (Å²) in [6, 6.07) is 14.6. The van der Waals surface area contributed by atoms with Crippen molar-refractivity contribution in [2.75, 3.05) is 41.3 Å². The molecule has 1 aliphatic rings. The Morgan fingerprint density at radius 3 is 2.35 bits per heavy atom. The van der Waals surface area contributed by atoms with Crippen molar-refractivity contribution in [1.82, 2.24) is 9.80 Å². The highest BCUT2D eigenvalue weighted by atomic mass is 16.2. The van der Waals surface area contributed by atoms with Gasteiger partial charge in [-0.1, -0.05) is 30.3 Å². The lowest BCUT2D eigenvalue weighted by molar-refractivity contribution is 0.0827. The standard InChI is InChI=1S/C22H27N3O/c1-24(2)14-13-23-21-19-8-6-5-7-16(19)9-10-17-11-12-18(15-20(17)21)22(26)25(3)4/h5-8,11-12,15H,9-10,13-14H2,1-4H3. The second-order valence-corrected chi connectivity index (χ2v) is 7.26. The van der Waals surface area contributed by atoms with Crippen LogP contribution in [0.3, 0.4) is 0 Å². The molecule has 0 aliphatic heterocycles. The number of carbonyl (C=O) groups excluding carboxylic acids is 1. The molecule has 2 aromatic carbocycles. The summed E-state index contributed by atoms with van der Waals surface area (Å²) in [6.45, 7) is 1.64. The summed E-state index contributed by atoms with van der Waals surface area (Å²) in [4.78, 5) is 21.2. The first-order valence-electron chi connectivity index (χ1n) is 9.10. The molecule has 0 spiro atoms. The number of carbonyl (C=O) groups is 1. The highest BCUT2D eigenvalue weighted by molar-refractivity contribution is 6.15. The molecule has 0 heterocycles. The lowest BCUT2D eigenvalue weighted by Crippen LogP contribution is -2.22. The number of hydrogen-bond donors (Lipinski definition) is 0. The zero-order valence-corrected chi connectivity index (χ0v) is 16.1.